The lowest BCUT2D eigenvalue weighted by molar-refractivity contribution is -0.119. The van der Waals surface area contributed by atoms with E-state index in [1.807, 2.05) is 19.1 Å². The summed E-state index contributed by atoms with van der Waals surface area (Å²) in [4.78, 5) is 11.6. The third-order valence-electron chi connectivity index (χ3n) is 2.67. The highest BCUT2D eigenvalue weighted by molar-refractivity contribution is 5.81. The second-order valence-electron chi connectivity index (χ2n) is 4.16. The highest BCUT2D eigenvalue weighted by Gasteiger charge is 2.06. The third-order valence-corrected chi connectivity index (χ3v) is 2.67. The van der Waals surface area contributed by atoms with Gasteiger partial charge in [0, 0.05) is 20.3 Å². The van der Waals surface area contributed by atoms with E-state index in [0.717, 1.165) is 12.0 Å². The quantitative estimate of drug-likeness (QED) is 0.728. The zero-order chi connectivity index (χ0) is 14.1. The molecule has 0 aliphatic rings. The highest BCUT2D eigenvalue weighted by Crippen LogP contribution is 2.17. The zero-order valence-corrected chi connectivity index (χ0v) is 11.3. The number of hydrogen-bond donors (Lipinski definition) is 2. The van der Waals surface area contributed by atoms with Gasteiger partial charge in [0.1, 0.15) is 6.07 Å². The van der Waals surface area contributed by atoms with Crippen molar-refractivity contribution in [1.29, 1.82) is 5.26 Å². The van der Waals surface area contributed by atoms with Gasteiger partial charge in [0.05, 0.1) is 17.8 Å². The maximum Gasteiger partial charge on any atom is 0.239 e. The smallest absolute Gasteiger partial charge is 0.239 e. The fraction of sp³-hybridized carbons (Fsp3) is 0.429. The molecule has 1 aromatic carbocycles. The molecule has 0 aliphatic carbocycles. The maximum absolute atomic E-state index is 11.6. The van der Waals surface area contributed by atoms with Crippen molar-refractivity contribution in [2.75, 3.05) is 32.1 Å². The Labute approximate surface area is 113 Å². The van der Waals surface area contributed by atoms with Crippen molar-refractivity contribution >= 4 is 11.6 Å². The molecular weight excluding hydrogens is 242 g/mol. The molecule has 0 heterocycles. The normalized spacial score (nSPS) is 9.74. The van der Waals surface area contributed by atoms with Crippen molar-refractivity contribution in [2.24, 2.45) is 0 Å². The second kappa shape index (κ2) is 8.11. The number of aryl methyl sites for hydroxylation is 1. The van der Waals surface area contributed by atoms with Crippen LogP contribution in [-0.2, 0) is 9.53 Å². The van der Waals surface area contributed by atoms with E-state index in [-0.39, 0.29) is 12.5 Å². The van der Waals surface area contributed by atoms with E-state index in [2.05, 4.69) is 16.7 Å². The maximum atomic E-state index is 11.6. The van der Waals surface area contributed by atoms with Gasteiger partial charge in [0.15, 0.2) is 0 Å². The number of hydrogen-bond acceptors (Lipinski definition) is 4. The molecule has 1 rings (SSSR count). The number of rotatable bonds is 7. The molecule has 102 valence electrons. The molecule has 5 nitrogen and oxygen atoms in total. The molecule has 0 unspecified atom stereocenters. The van der Waals surface area contributed by atoms with Gasteiger partial charge in [-0.3, -0.25) is 4.79 Å². The van der Waals surface area contributed by atoms with E-state index in [1.54, 1.807) is 13.2 Å². The average Bonchev–Trinajstić information content (AvgIpc) is 2.41. The molecule has 0 atom stereocenters. The van der Waals surface area contributed by atoms with Crippen LogP contribution >= 0.6 is 0 Å². The lowest BCUT2D eigenvalue weighted by Crippen LogP contribution is -2.31. The van der Waals surface area contributed by atoms with Gasteiger partial charge < -0.3 is 15.4 Å². The summed E-state index contributed by atoms with van der Waals surface area (Å²) < 4.78 is 4.89. The fourth-order valence-corrected chi connectivity index (χ4v) is 1.65. The molecule has 0 spiro atoms. The minimum Gasteiger partial charge on any atom is -0.385 e. The van der Waals surface area contributed by atoms with Crippen molar-refractivity contribution in [3.8, 4) is 6.07 Å². The number of anilines is 1. The van der Waals surface area contributed by atoms with Gasteiger partial charge in [0.25, 0.3) is 0 Å². The van der Waals surface area contributed by atoms with Gasteiger partial charge in [-0.15, -0.1) is 0 Å². The number of nitriles is 1. The number of carbonyl (C=O) groups is 1. The van der Waals surface area contributed by atoms with Crippen molar-refractivity contribution in [3.05, 3.63) is 29.3 Å². The molecule has 5 heteroatoms. The number of amides is 1. The summed E-state index contributed by atoms with van der Waals surface area (Å²) in [7, 11) is 1.63. The van der Waals surface area contributed by atoms with E-state index in [9.17, 15) is 4.79 Å². The first-order valence-corrected chi connectivity index (χ1v) is 6.18. The lowest BCUT2D eigenvalue weighted by atomic mass is 10.1. The number of nitrogens with one attached hydrogen (secondary N) is 2. The van der Waals surface area contributed by atoms with Crippen LogP contribution in [0.3, 0.4) is 0 Å². The van der Waals surface area contributed by atoms with Crippen LogP contribution in [0, 0.1) is 18.3 Å². The van der Waals surface area contributed by atoms with Crippen molar-refractivity contribution in [3.63, 3.8) is 0 Å². The summed E-state index contributed by atoms with van der Waals surface area (Å²) in [6.07, 6.45) is 0.788. The summed E-state index contributed by atoms with van der Waals surface area (Å²) in [5.41, 5.74) is 2.16. The molecule has 0 bridgehead atoms. The molecular formula is C14H19N3O2. The molecule has 2 N–H and O–H groups in total. The van der Waals surface area contributed by atoms with Crippen LogP contribution in [0.5, 0.6) is 0 Å². The Morgan fingerprint density at radius 1 is 1.47 bits per heavy atom. The first kappa shape index (κ1) is 15.0. The number of benzene rings is 1. The molecule has 0 saturated carbocycles. The van der Waals surface area contributed by atoms with Gasteiger partial charge in [-0.1, -0.05) is 12.1 Å². The molecule has 0 saturated heterocycles. The predicted octanol–water partition coefficient (Wildman–Crippen LogP) is 1.43. The van der Waals surface area contributed by atoms with Crippen molar-refractivity contribution < 1.29 is 9.53 Å². The molecule has 0 aliphatic heterocycles. The van der Waals surface area contributed by atoms with Crippen LogP contribution in [0.2, 0.25) is 0 Å². The van der Waals surface area contributed by atoms with Gasteiger partial charge >= 0.3 is 0 Å². The average molecular weight is 261 g/mol. The van der Waals surface area contributed by atoms with Crippen LogP contribution in [0.1, 0.15) is 17.5 Å². The Morgan fingerprint density at radius 2 is 2.26 bits per heavy atom. The largest absolute Gasteiger partial charge is 0.385 e. The van der Waals surface area contributed by atoms with E-state index < -0.39 is 0 Å². The standard InChI is InChI=1S/C14H19N3O2/c1-11-5-3-6-13(12(11)9-15)17-10-14(18)16-7-4-8-19-2/h3,5-6,17H,4,7-8,10H2,1-2H3,(H,16,18). The summed E-state index contributed by atoms with van der Waals surface area (Å²) in [6, 6.07) is 7.66. The van der Waals surface area contributed by atoms with Gasteiger partial charge in [0.2, 0.25) is 5.91 Å². The fourth-order valence-electron chi connectivity index (χ4n) is 1.65. The first-order valence-electron chi connectivity index (χ1n) is 6.18. The lowest BCUT2D eigenvalue weighted by Gasteiger charge is -2.10. The molecule has 1 amide bonds. The van der Waals surface area contributed by atoms with E-state index >= 15 is 0 Å². The molecule has 0 fully saturated rings. The van der Waals surface area contributed by atoms with Gasteiger partial charge in [-0.25, -0.2) is 0 Å². The topological polar surface area (TPSA) is 74.2 Å². The molecule has 0 aromatic heterocycles. The number of nitrogens with zero attached hydrogens (tertiary/aromatic N) is 1. The summed E-state index contributed by atoms with van der Waals surface area (Å²) in [5, 5.41) is 14.8. The molecule has 0 radical (unpaired) electrons. The Morgan fingerprint density at radius 3 is 2.95 bits per heavy atom. The van der Waals surface area contributed by atoms with Crippen LogP contribution in [-0.4, -0.2) is 32.7 Å². The zero-order valence-electron chi connectivity index (χ0n) is 11.3. The van der Waals surface area contributed by atoms with Crippen molar-refractivity contribution in [2.45, 2.75) is 13.3 Å². The third kappa shape index (κ3) is 4.98. The Balaban J connectivity index is 2.43. The first-order chi connectivity index (χ1) is 9.19. The summed E-state index contributed by atoms with van der Waals surface area (Å²) >= 11 is 0. The van der Waals surface area contributed by atoms with E-state index in [1.165, 1.54) is 0 Å². The van der Waals surface area contributed by atoms with Gasteiger partial charge in [-0.2, -0.15) is 5.26 Å². The SMILES string of the molecule is COCCCNC(=O)CNc1cccc(C)c1C#N. The van der Waals surface area contributed by atoms with Crippen molar-refractivity contribution in [1.82, 2.24) is 5.32 Å². The van der Waals surface area contributed by atoms with Crippen LogP contribution in [0.25, 0.3) is 0 Å². The highest BCUT2D eigenvalue weighted by atomic mass is 16.5. The Kier molecular flexibility index (Phi) is 6.41. The monoisotopic (exact) mass is 261 g/mol. The van der Waals surface area contributed by atoms with E-state index in [0.29, 0.717) is 24.4 Å². The number of ether oxygens (including phenoxy) is 1. The number of carbonyl (C=O) groups excluding carboxylic acids is 1. The summed E-state index contributed by atoms with van der Waals surface area (Å²) in [6.45, 7) is 3.25. The van der Waals surface area contributed by atoms with Crippen LogP contribution in [0.4, 0.5) is 5.69 Å². The summed E-state index contributed by atoms with van der Waals surface area (Å²) in [5.74, 6) is -0.0958. The molecule has 19 heavy (non-hydrogen) atoms. The molecule has 1 aromatic rings. The Hall–Kier alpha value is -2.06. The minimum absolute atomic E-state index is 0.0958. The minimum atomic E-state index is -0.0958. The Bertz CT molecular complexity index is 466. The van der Waals surface area contributed by atoms with Gasteiger partial charge in [-0.05, 0) is 25.0 Å². The number of methoxy groups -OCH3 is 1. The second-order valence-corrected chi connectivity index (χ2v) is 4.16. The van der Waals surface area contributed by atoms with E-state index in [4.69, 9.17) is 10.00 Å². The van der Waals surface area contributed by atoms with Crippen LogP contribution < -0.4 is 10.6 Å². The predicted molar refractivity (Wildman–Crippen MR) is 73.9 cm³/mol. The van der Waals surface area contributed by atoms with Crippen LogP contribution in [0.15, 0.2) is 18.2 Å².